The lowest BCUT2D eigenvalue weighted by molar-refractivity contribution is -0.144. The van der Waals surface area contributed by atoms with Crippen LogP contribution in [0.2, 0.25) is 0 Å². The number of unbranched alkanes of at least 4 members (excludes halogenated alkanes) is 1. The highest BCUT2D eigenvalue weighted by molar-refractivity contribution is 7.98. The van der Waals surface area contributed by atoms with Gasteiger partial charge >= 0.3 is 5.97 Å². The van der Waals surface area contributed by atoms with Gasteiger partial charge in [0.25, 0.3) is 0 Å². The Hall–Kier alpha value is -2.38. The number of carbonyl (C=O) groups excluding carboxylic acids is 4. The van der Waals surface area contributed by atoms with E-state index >= 15 is 0 Å². The molecule has 0 saturated heterocycles. The number of nitrogens with one attached hydrogen (secondary N) is 3. The Balaban J connectivity index is 5.53. The van der Waals surface area contributed by atoms with Crippen molar-refractivity contribution < 1.29 is 29.1 Å². The molecule has 0 saturated carbocycles. The fourth-order valence-corrected chi connectivity index (χ4v) is 3.53. The molecule has 0 aliphatic rings. The van der Waals surface area contributed by atoms with E-state index in [0.717, 1.165) is 0 Å². The third kappa shape index (κ3) is 12.2. The lowest BCUT2D eigenvalue weighted by atomic mass is 9.98. The van der Waals surface area contributed by atoms with Gasteiger partial charge in [-0.2, -0.15) is 11.8 Å². The molecule has 0 radical (unpaired) electrons. The molecular weight excluding hydrogens is 464 g/mol. The summed E-state index contributed by atoms with van der Waals surface area (Å²) in [6, 6.07) is -4.45. The molecule has 13 heteroatoms. The van der Waals surface area contributed by atoms with Crippen LogP contribution in [0.5, 0.6) is 0 Å². The summed E-state index contributed by atoms with van der Waals surface area (Å²) in [6.45, 7) is 3.87. The number of carboxylic acids is 1. The van der Waals surface area contributed by atoms with Crippen LogP contribution in [0.3, 0.4) is 0 Å². The molecule has 0 aliphatic carbocycles. The minimum Gasteiger partial charge on any atom is -0.480 e. The largest absolute Gasteiger partial charge is 0.480 e. The molecule has 0 aliphatic heterocycles. The van der Waals surface area contributed by atoms with Crippen molar-refractivity contribution >= 4 is 41.4 Å². The Bertz CT molecular complexity index is 695. The van der Waals surface area contributed by atoms with Crippen LogP contribution in [0.4, 0.5) is 0 Å². The quantitative estimate of drug-likeness (QED) is 0.110. The molecular formula is C21H40N6O6S. The minimum absolute atomic E-state index is 0.187. The average Bonchev–Trinajstić information content (AvgIpc) is 2.78. The van der Waals surface area contributed by atoms with Crippen molar-refractivity contribution in [2.24, 2.45) is 23.1 Å². The molecule has 10 N–H and O–H groups in total. The zero-order valence-corrected chi connectivity index (χ0v) is 21.0. The highest BCUT2D eigenvalue weighted by Crippen LogP contribution is 2.10. The summed E-state index contributed by atoms with van der Waals surface area (Å²) in [5.41, 5.74) is 16.6. The van der Waals surface area contributed by atoms with Crippen molar-refractivity contribution in [3.05, 3.63) is 0 Å². The summed E-state index contributed by atoms with van der Waals surface area (Å²) in [4.78, 5) is 61.3. The van der Waals surface area contributed by atoms with Gasteiger partial charge in [-0.3, -0.25) is 19.2 Å². The van der Waals surface area contributed by atoms with Gasteiger partial charge in [0.2, 0.25) is 23.6 Å². The van der Waals surface area contributed by atoms with Crippen molar-refractivity contribution in [1.82, 2.24) is 16.0 Å². The maximum Gasteiger partial charge on any atom is 0.326 e. The van der Waals surface area contributed by atoms with Gasteiger partial charge in [0.1, 0.15) is 18.1 Å². The van der Waals surface area contributed by atoms with Crippen LogP contribution >= 0.6 is 11.8 Å². The number of hydrogen-bond acceptors (Lipinski definition) is 8. The fraction of sp³-hybridized carbons (Fsp3) is 0.762. The van der Waals surface area contributed by atoms with Crippen LogP contribution in [0, 0.1) is 5.92 Å². The van der Waals surface area contributed by atoms with Crippen LogP contribution in [0.15, 0.2) is 0 Å². The Morgan fingerprint density at radius 1 is 0.941 bits per heavy atom. The maximum atomic E-state index is 12.9. The molecule has 5 atom stereocenters. The monoisotopic (exact) mass is 504 g/mol. The van der Waals surface area contributed by atoms with Gasteiger partial charge in [-0.25, -0.2) is 4.79 Å². The number of rotatable bonds is 18. The first-order valence-electron chi connectivity index (χ1n) is 11.3. The third-order valence-electron chi connectivity index (χ3n) is 5.36. The van der Waals surface area contributed by atoms with E-state index in [0.29, 0.717) is 38.0 Å². The Morgan fingerprint density at radius 3 is 2.03 bits per heavy atom. The van der Waals surface area contributed by atoms with Gasteiger partial charge in [-0.15, -0.1) is 0 Å². The first-order chi connectivity index (χ1) is 16.0. The topological polar surface area (TPSA) is 220 Å². The van der Waals surface area contributed by atoms with Crippen molar-refractivity contribution in [3.8, 4) is 0 Å². The molecule has 12 nitrogen and oxygen atoms in total. The van der Waals surface area contributed by atoms with Crippen molar-refractivity contribution in [1.29, 1.82) is 0 Å². The summed E-state index contributed by atoms with van der Waals surface area (Å²) in [5, 5.41) is 16.9. The smallest absolute Gasteiger partial charge is 0.326 e. The molecule has 0 heterocycles. The molecule has 0 bridgehead atoms. The second-order valence-corrected chi connectivity index (χ2v) is 9.16. The highest BCUT2D eigenvalue weighted by Gasteiger charge is 2.32. The predicted octanol–water partition coefficient (Wildman–Crippen LogP) is -1.34. The summed E-state index contributed by atoms with van der Waals surface area (Å²) in [6.07, 6.45) is 3.52. The highest BCUT2D eigenvalue weighted by atomic mass is 32.2. The van der Waals surface area contributed by atoms with E-state index in [1.807, 2.05) is 6.26 Å². The van der Waals surface area contributed by atoms with E-state index in [1.165, 1.54) is 11.8 Å². The molecule has 0 rings (SSSR count). The van der Waals surface area contributed by atoms with E-state index in [-0.39, 0.29) is 12.3 Å². The lowest BCUT2D eigenvalue weighted by Gasteiger charge is -2.26. The van der Waals surface area contributed by atoms with Gasteiger partial charge < -0.3 is 38.3 Å². The Labute approximate surface area is 204 Å². The summed E-state index contributed by atoms with van der Waals surface area (Å²) in [5.74, 6) is -3.83. The number of thioether (sulfide) groups is 1. The van der Waals surface area contributed by atoms with Gasteiger partial charge in [0, 0.05) is 0 Å². The van der Waals surface area contributed by atoms with E-state index in [2.05, 4.69) is 16.0 Å². The van der Waals surface area contributed by atoms with Crippen molar-refractivity contribution in [2.45, 2.75) is 76.5 Å². The van der Waals surface area contributed by atoms with Gasteiger partial charge in [-0.1, -0.05) is 20.3 Å². The van der Waals surface area contributed by atoms with Gasteiger partial charge in [-0.05, 0) is 50.2 Å². The van der Waals surface area contributed by atoms with Crippen LogP contribution in [0.25, 0.3) is 0 Å². The maximum absolute atomic E-state index is 12.9. The molecule has 196 valence electrons. The number of hydrogen-bond donors (Lipinski definition) is 7. The first-order valence-corrected chi connectivity index (χ1v) is 12.7. The van der Waals surface area contributed by atoms with Gasteiger partial charge in [0.05, 0.1) is 12.5 Å². The fourth-order valence-electron chi connectivity index (χ4n) is 3.04. The number of nitrogens with two attached hydrogens (primary N) is 3. The molecule has 0 aromatic heterocycles. The second-order valence-electron chi connectivity index (χ2n) is 8.18. The second kappa shape index (κ2) is 17.1. The van der Waals surface area contributed by atoms with Crippen LogP contribution in [-0.2, 0) is 24.0 Å². The van der Waals surface area contributed by atoms with E-state index in [9.17, 15) is 29.1 Å². The first kappa shape index (κ1) is 31.6. The molecule has 0 spiro atoms. The predicted molar refractivity (Wildman–Crippen MR) is 131 cm³/mol. The lowest BCUT2D eigenvalue weighted by Crippen LogP contribution is -2.58. The number of aliphatic carboxylic acids is 1. The SMILES string of the molecule is CCC(C)C(NC(=O)C(CCCCN)NC(=O)C(CC(N)=O)NC(=O)C(N)CCSC)C(=O)O. The van der Waals surface area contributed by atoms with Crippen molar-refractivity contribution in [3.63, 3.8) is 0 Å². The van der Waals surface area contributed by atoms with Crippen LogP contribution < -0.4 is 33.2 Å². The van der Waals surface area contributed by atoms with Crippen LogP contribution in [0.1, 0.15) is 52.4 Å². The zero-order chi connectivity index (χ0) is 26.3. The van der Waals surface area contributed by atoms with E-state index in [4.69, 9.17) is 17.2 Å². The number of amides is 4. The molecule has 0 aromatic carbocycles. The standard InChI is InChI=1S/C21H40N6O6S/c1-4-12(2)17(21(32)33)27-19(30)14(7-5-6-9-22)25-20(31)15(11-16(24)28)26-18(29)13(23)8-10-34-3/h12-15,17H,4-11,22-23H2,1-3H3,(H2,24,28)(H,25,31)(H,26,29)(H,27,30)(H,32,33). The molecule has 5 unspecified atom stereocenters. The van der Waals surface area contributed by atoms with E-state index in [1.54, 1.807) is 13.8 Å². The number of carboxylic acid groups (broad SMARTS) is 1. The Kier molecular flexibility index (Phi) is 15.9. The third-order valence-corrected chi connectivity index (χ3v) is 6.01. The van der Waals surface area contributed by atoms with Crippen LogP contribution in [-0.4, -0.2) is 77.4 Å². The average molecular weight is 505 g/mol. The van der Waals surface area contributed by atoms with Gasteiger partial charge in [0.15, 0.2) is 0 Å². The zero-order valence-electron chi connectivity index (χ0n) is 20.2. The number of carbonyl (C=O) groups is 5. The summed E-state index contributed by atoms with van der Waals surface area (Å²) < 4.78 is 0. The van der Waals surface area contributed by atoms with Crippen molar-refractivity contribution in [2.75, 3.05) is 18.6 Å². The normalized spacial score (nSPS) is 15.3. The number of primary amides is 1. The molecule has 0 fully saturated rings. The molecule has 0 aromatic rings. The Morgan fingerprint density at radius 2 is 1.53 bits per heavy atom. The minimum atomic E-state index is -1.33. The summed E-state index contributed by atoms with van der Waals surface area (Å²) >= 11 is 1.51. The molecule has 34 heavy (non-hydrogen) atoms. The van der Waals surface area contributed by atoms with E-state index < -0.39 is 60.2 Å². The molecule has 4 amide bonds. The summed E-state index contributed by atoms with van der Waals surface area (Å²) in [7, 11) is 0.